The number of fused-ring (bicyclic) bond motifs is 1. The number of aryl methyl sites for hydroxylation is 3. The summed E-state index contributed by atoms with van der Waals surface area (Å²) in [5, 5.41) is 3.55. The highest BCUT2D eigenvalue weighted by Crippen LogP contribution is 2.44. The third-order valence-electron chi connectivity index (χ3n) is 6.53. The molecular formula is C26H31N3OS. The van der Waals surface area contributed by atoms with Crippen molar-refractivity contribution in [2.24, 2.45) is 4.99 Å². The van der Waals surface area contributed by atoms with Crippen LogP contribution in [-0.4, -0.2) is 23.7 Å². The summed E-state index contributed by atoms with van der Waals surface area (Å²) in [7, 11) is 2.18. The van der Waals surface area contributed by atoms with Gasteiger partial charge in [-0.15, -0.1) is 0 Å². The Bertz CT molecular complexity index is 1130. The molecule has 4 rings (SSSR count). The minimum atomic E-state index is -0.0862. The minimum absolute atomic E-state index is 0.0862. The first kappa shape index (κ1) is 21.7. The molecule has 1 atom stereocenters. The fourth-order valence-electron chi connectivity index (χ4n) is 4.55. The van der Waals surface area contributed by atoms with Crippen LogP contribution in [0.25, 0.3) is 6.08 Å². The molecule has 0 saturated carbocycles. The third-order valence-corrected chi connectivity index (χ3v) is 7.44. The van der Waals surface area contributed by atoms with Gasteiger partial charge in [-0.2, -0.15) is 0 Å². The predicted molar refractivity (Wildman–Crippen MR) is 133 cm³/mol. The van der Waals surface area contributed by atoms with Crippen LogP contribution < -0.4 is 10.2 Å². The average Bonchev–Trinajstić information content (AvgIpc) is 3.02. The Hall–Kier alpha value is -2.53. The average molecular weight is 434 g/mol. The summed E-state index contributed by atoms with van der Waals surface area (Å²) in [4.78, 5) is 20.4. The summed E-state index contributed by atoms with van der Waals surface area (Å²) in [6, 6.07) is 10.7. The number of aliphatic imine (C=N–C) groups is 1. The van der Waals surface area contributed by atoms with Crippen molar-refractivity contribution >= 4 is 40.3 Å². The van der Waals surface area contributed by atoms with E-state index >= 15 is 0 Å². The van der Waals surface area contributed by atoms with Crippen LogP contribution in [0.4, 0.5) is 11.4 Å². The van der Waals surface area contributed by atoms with E-state index in [9.17, 15) is 4.79 Å². The lowest BCUT2D eigenvalue weighted by Gasteiger charge is -2.45. The van der Waals surface area contributed by atoms with E-state index in [1.165, 1.54) is 34.1 Å². The molecule has 0 aromatic heterocycles. The predicted octanol–water partition coefficient (Wildman–Crippen LogP) is 6.23. The number of rotatable bonds is 2. The molecule has 2 aromatic rings. The van der Waals surface area contributed by atoms with Crippen LogP contribution in [0.15, 0.2) is 40.2 Å². The minimum Gasteiger partial charge on any atom is -0.369 e. The fourth-order valence-corrected chi connectivity index (χ4v) is 5.38. The monoisotopic (exact) mass is 433 g/mol. The van der Waals surface area contributed by atoms with Gasteiger partial charge in [-0.05, 0) is 105 Å². The van der Waals surface area contributed by atoms with Gasteiger partial charge in [0, 0.05) is 18.3 Å². The van der Waals surface area contributed by atoms with E-state index in [4.69, 9.17) is 0 Å². The summed E-state index contributed by atoms with van der Waals surface area (Å²) in [5.74, 6) is 0.391. The highest BCUT2D eigenvalue weighted by molar-refractivity contribution is 8.18. The number of nitrogens with zero attached hydrogens (tertiary/aromatic N) is 2. The van der Waals surface area contributed by atoms with Crippen LogP contribution in [0.3, 0.4) is 0 Å². The van der Waals surface area contributed by atoms with E-state index in [-0.39, 0.29) is 11.4 Å². The number of hydrogen-bond acceptors (Lipinski definition) is 4. The van der Waals surface area contributed by atoms with Gasteiger partial charge in [-0.1, -0.05) is 24.6 Å². The van der Waals surface area contributed by atoms with Gasteiger partial charge in [0.15, 0.2) is 5.17 Å². The van der Waals surface area contributed by atoms with Crippen LogP contribution in [-0.2, 0) is 4.79 Å². The molecule has 162 valence electrons. The smallest absolute Gasteiger partial charge is 0.264 e. The molecule has 2 aliphatic rings. The van der Waals surface area contributed by atoms with Gasteiger partial charge in [-0.25, -0.2) is 4.99 Å². The summed E-state index contributed by atoms with van der Waals surface area (Å²) in [6.07, 6.45) is 3.12. The van der Waals surface area contributed by atoms with Crippen molar-refractivity contribution in [3.8, 4) is 0 Å². The quantitative estimate of drug-likeness (QED) is 0.571. The molecule has 0 unspecified atom stereocenters. The molecule has 1 saturated heterocycles. The maximum Gasteiger partial charge on any atom is 0.264 e. The second-order valence-corrected chi connectivity index (χ2v) is 10.5. The van der Waals surface area contributed by atoms with Crippen LogP contribution in [0.5, 0.6) is 0 Å². The van der Waals surface area contributed by atoms with Gasteiger partial charge in [-0.3, -0.25) is 4.79 Å². The zero-order valence-corrected chi connectivity index (χ0v) is 20.3. The lowest BCUT2D eigenvalue weighted by atomic mass is 9.79. The summed E-state index contributed by atoms with van der Waals surface area (Å²) in [6.45, 7) is 13.1. The van der Waals surface area contributed by atoms with Crippen molar-refractivity contribution in [3.05, 3.63) is 63.1 Å². The number of thioether (sulfide) groups is 1. The normalized spacial score (nSPS) is 22.7. The highest BCUT2D eigenvalue weighted by atomic mass is 32.2. The molecule has 1 amide bonds. The van der Waals surface area contributed by atoms with Crippen molar-refractivity contribution in [1.82, 2.24) is 5.32 Å². The van der Waals surface area contributed by atoms with E-state index < -0.39 is 0 Å². The standard InChI is InChI=1S/C26H31N3OS/c1-15-8-9-21(17(3)10-15)27-25-28-24(30)23(31-25)13-19-12-20-18(4)14-26(5,6)29(7)22(20)11-16(19)2/h8-13,18H,14H2,1-7H3,(H,27,28,30)/b23-13-/t18-/m1/s1. The number of amides is 1. The van der Waals surface area contributed by atoms with E-state index in [2.05, 4.69) is 75.1 Å². The maximum atomic E-state index is 12.6. The van der Waals surface area contributed by atoms with Crippen LogP contribution in [0, 0.1) is 20.8 Å². The van der Waals surface area contributed by atoms with Crippen LogP contribution in [0.1, 0.15) is 60.9 Å². The van der Waals surface area contributed by atoms with Crippen LogP contribution >= 0.6 is 11.8 Å². The molecule has 5 heteroatoms. The number of carbonyl (C=O) groups is 1. The molecule has 0 bridgehead atoms. The molecule has 1 N–H and O–H groups in total. The van der Waals surface area contributed by atoms with E-state index in [1.54, 1.807) is 0 Å². The molecule has 0 spiro atoms. The SMILES string of the molecule is Cc1ccc(N=C2NC(=O)/C(=C/c3cc4c(cc3C)N(C)C(C)(C)C[C@H]4C)S2)c(C)c1. The summed E-state index contributed by atoms with van der Waals surface area (Å²) >= 11 is 1.41. The van der Waals surface area contributed by atoms with E-state index in [1.807, 2.05) is 25.1 Å². The number of amidine groups is 1. The zero-order chi connectivity index (χ0) is 22.5. The Morgan fingerprint density at radius 2 is 1.90 bits per heavy atom. The Morgan fingerprint density at radius 3 is 2.61 bits per heavy atom. The first-order chi connectivity index (χ1) is 14.5. The summed E-state index contributed by atoms with van der Waals surface area (Å²) < 4.78 is 0. The Morgan fingerprint density at radius 1 is 1.16 bits per heavy atom. The zero-order valence-electron chi connectivity index (χ0n) is 19.5. The number of nitrogens with one attached hydrogen (secondary N) is 1. The lowest BCUT2D eigenvalue weighted by molar-refractivity contribution is -0.115. The fraction of sp³-hybridized carbons (Fsp3) is 0.385. The first-order valence-corrected chi connectivity index (χ1v) is 11.6. The topological polar surface area (TPSA) is 44.7 Å². The summed E-state index contributed by atoms with van der Waals surface area (Å²) in [5.41, 5.74) is 8.26. The molecule has 31 heavy (non-hydrogen) atoms. The van der Waals surface area contributed by atoms with Crippen molar-refractivity contribution < 1.29 is 4.79 Å². The molecular weight excluding hydrogens is 402 g/mol. The second-order valence-electron chi connectivity index (χ2n) is 9.52. The lowest BCUT2D eigenvalue weighted by Crippen LogP contribution is -2.45. The van der Waals surface area contributed by atoms with Crippen molar-refractivity contribution in [3.63, 3.8) is 0 Å². The van der Waals surface area contributed by atoms with Crippen LogP contribution in [0.2, 0.25) is 0 Å². The van der Waals surface area contributed by atoms with E-state index in [0.29, 0.717) is 16.0 Å². The first-order valence-electron chi connectivity index (χ1n) is 10.8. The Balaban J connectivity index is 1.66. The van der Waals surface area contributed by atoms with Crippen molar-refractivity contribution in [2.45, 2.75) is 59.4 Å². The molecule has 4 nitrogen and oxygen atoms in total. The number of carbonyl (C=O) groups excluding carboxylic acids is 1. The molecule has 0 radical (unpaired) electrons. The Labute approximate surface area is 189 Å². The number of benzene rings is 2. The maximum absolute atomic E-state index is 12.6. The van der Waals surface area contributed by atoms with Crippen molar-refractivity contribution in [1.29, 1.82) is 0 Å². The largest absolute Gasteiger partial charge is 0.369 e. The van der Waals surface area contributed by atoms with Gasteiger partial charge in [0.05, 0.1) is 10.6 Å². The molecule has 0 aliphatic carbocycles. The molecule has 2 aliphatic heterocycles. The number of hydrogen-bond donors (Lipinski definition) is 1. The molecule has 1 fully saturated rings. The van der Waals surface area contributed by atoms with E-state index in [0.717, 1.165) is 23.2 Å². The van der Waals surface area contributed by atoms with Gasteiger partial charge >= 0.3 is 0 Å². The Kier molecular flexibility index (Phi) is 5.50. The second kappa shape index (κ2) is 7.86. The molecule has 2 heterocycles. The third kappa shape index (κ3) is 4.16. The highest BCUT2D eigenvalue weighted by Gasteiger charge is 2.34. The van der Waals surface area contributed by atoms with Gasteiger partial charge in [0.1, 0.15) is 0 Å². The van der Waals surface area contributed by atoms with Gasteiger partial charge in [0.2, 0.25) is 0 Å². The van der Waals surface area contributed by atoms with Crippen molar-refractivity contribution in [2.75, 3.05) is 11.9 Å². The number of anilines is 1. The van der Waals surface area contributed by atoms with Gasteiger partial charge < -0.3 is 10.2 Å². The molecule has 2 aromatic carbocycles. The van der Waals surface area contributed by atoms with Gasteiger partial charge in [0.25, 0.3) is 5.91 Å².